The SMILES string of the molecule is CC1(C)CCC(C(=N)c2cccc(NC(=O)NCc3cnc(-c4ccccc4)s3)c2)=C(N)C1. The Bertz CT molecular complexity index is 1200. The molecule has 0 radical (unpaired) electrons. The van der Waals surface area contributed by atoms with Gasteiger partial charge in [-0.05, 0) is 42.4 Å². The maximum Gasteiger partial charge on any atom is 0.319 e. The highest BCUT2D eigenvalue weighted by atomic mass is 32.1. The molecule has 0 spiro atoms. The predicted molar refractivity (Wildman–Crippen MR) is 136 cm³/mol. The second kappa shape index (κ2) is 9.58. The Kier molecular flexibility index (Phi) is 6.60. The number of aromatic nitrogens is 1. The van der Waals surface area contributed by atoms with E-state index in [1.165, 1.54) is 0 Å². The van der Waals surface area contributed by atoms with E-state index >= 15 is 0 Å². The molecule has 33 heavy (non-hydrogen) atoms. The zero-order chi connectivity index (χ0) is 23.4. The topological polar surface area (TPSA) is 104 Å². The highest BCUT2D eigenvalue weighted by Crippen LogP contribution is 2.37. The normalized spacial score (nSPS) is 15.2. The van der Waals surface area contributed by atoms with E-state index in [2.05, 4.69) is 29.5 Å². The van der Waals surface area contributed by atoms with Crippen molar-refractivity contribution in [2.45, 2.75) is 39.7 Å². The van der Waals surface area contributed by atoms with Gasteiger partial charge in [0.05, 0.1) is 12.3 Å². The zero-order valence-corrected chi connectivity index (χ0v) is 19.8. The molecule has 170 valence electrons. The number of anilines is 1. The third-order valence-electron chi connectivity index (χ3n) is 5.82. The first kappa shape index (κ1) is 22.7. The van der Waals surface area contributed by atoms with Crippen molar-refractivity contribution in [3.05, 3.63) is 82.5 Å². The van der Waals surface area contributed by atoms with Crippen LogP contribution in [-0.2, 0) is 6.54 Å². The van der Waals surface area contributed by atoms with E-state index in [4.69, 9.17) is 11.1 Å². The van der Waals surface area contributed by atoms with Crippen LogP contribution < -0.4 is 16.4 Å². The van der Waals surface area contributed by atoms with Crippen LogP contribution in [0.5, 0.6) is 0 Å². The molecule has 4 rings (SSSR count). The summed E-state index contributed by atoms with van der Waals surface area (Å²) in [6, 6.07) is 17.0. The molecular formula is C26H29N5OS. The number of nitrogens with zero attached hydrogens (tertiary/aromatic N) is 1. The molecule has 0 saturated heterocycles. The minimum Gasteiger partial charge on any atom is -0.402 e. The molecular weight excluding hydrogens is 430 g/mol. The van der Waals surface area contributed by atoms with Gasteiger partial charge >= 0.3 is 6.03 Å². The summed E-state index contributed by atoms with van der Waals surface area (Å²) in [5, 5.41) is 15.3. The molecule has 0 saturated carbocycles. The van der Waals surface area contributed by atoms with E-state index in [-0.39, 0.29) is 11.4 Å². The fourth-order valence-corrected chi connectivity index (χ4v) is 4.85. The Morgan fingerprint density at radius 2 is 1.97 bits per heavy atom. The van der Waals surface area contributed by atoms with Gasteiger partial charge in [0, 0.05) is 33.6 Å². The Hall–Kier alpha value is -3.45. The molecule has 0 unspecified atom stereocenters. The van der Waals surface area contributed by atoms with Crippen LogP contribution in [0.4, 0.5) is 10.5 Å². The van der Waals surface area contributed by atoms with E-state index < -0.39 is 0 Å². The summed E-state index contributed by atoms with van der Waals surface area (Å²) in [5.41, 5.74) is 11.1. The van der Waals surface area contributed by atoms with Crippen molar-refractivity contribution >= 4 is 28.8 Å². The lowest BCUT2D eigenvalue weighted by molar-refractivity contribution is 0.252. The Balaban J connectivity index is 1.36. The Labute approximate surface area is 198 Å². The number of allylic oxidation sites excluding steroid dienone is 2. The number of rotatable bonds is 6. The van der Waals surface area contributed by atoms with E-state index in [1.54, 1.807) is 17.5 Å². The molecule has 0 aliphatic heterocycles. The molecule has 0 fully saturated rings. The van der Waals surface area contributed by atoms with Crippen LogP contribution in [0.25, 0.3) is 10.6 Å². The maximum absolute atomic E-state index is 12.4. The fraction of sp³-hybridized carbons (Fsp3) is 0.269. The first-order chi connectivity index (χ1) is 15.8. The third-order valence-corrected chi connectivity index (χ3v) is 6.86. The van der Waals surface area contributed by atoms with Crippen LogP contribution in [0.3, 0.4) is 0 Å². The van der Waals surface area contributed by atoms with Crippen LogP contribution in [0, 0.1) is 10.8 Å². The lowest BCUT2D eigenvalue weighted by atomic mass is 9.75. The molecule has 6 nitrogen and oxygen atoms in total. The van der Waals surface area contributed by atoms with Crippen molar-refractivity contribution in [2.75, 3.05) is 5.32 Å². The van der Waals surface area contributed by atoms with E-state index in [9.17, 15) is 4.79 Å². The molecule has 2 aromatic carbocycles. The van der Waals surface area contributed by atoms with Gasteiger partial charge in [-0.25, -0.2) is 9.78 Å². The minimum absolute atomic E-state index is 0.176. The van der Waals surface area contributed by atoms with Crippen LogP contribution in [0.2, 0.25) is 0 Å². The monoisotopic (exact) mass is 459 g/mol. The molecule has 3 aromatic rings. The summed E-state index contributed by atoms with van der Waals surface area (Å²) in [6.07, 6.45) is 4.40. The number of urea groups is 1. The van der Waals surface area contributed by atoms with Gasteiger partial charge in [-0.1, -0.05) is 56.3 Å². The summed E-state index contributed by atoms with van der Waals surface area (Å²) < 4.78 is 0. The average Bonchev–Trinajstić information content (AvgIpc) is 3.27. The number of thiazole rings is 1. The number of carbonyl (C=O) groups is 1. The van der Waals surface area contributed by atoms with Gasteiger partial charge < -0.3 is 16.4 Å². The maximum atomic E-state index is 12.4. The quantitative estimate of drug-likeness (QED) is 0.344. The molecule has 1 heterocycles. The van der Waals surface area contributed by atoms with Gasteiger partial charge in [-0.2, -0.15) is 0 Å². The van der Waals surface area contributed by atoms with Crippen LogP contribution in [0.15, 0.2) is 72.1 Å². The molecule has 5 N–H and O–H groups in total. The lowest BCUT2D eigenvalue weighted by Crippen LogP contribution is -2.28. The van der Waals surface area contributed by atoms with E-state index in [1.807, 2.05) is 54.6 Å². The Morgan fingerprint density at radius 1 is 1.18 bits per heavy atom. The Morgan fingerprint density at radius 3 is 2.73 bits per heavy atom. The molecule has 1 aromatic heterocycles. The third kappa shape index (κ3) is 5.68. The van der Waals surface area contributed by atoms with Gasteiger partial charge in [0.15, 0.2) is 0 Å². The number of hydrogen-bond donors (Lipinski definition) is 4. The molecule has 0 atom stereocenters. The molecule has 0 bridgehead atoms. The zero-order valence-electron chi connectivity index (χ0n) is 18.9. The van der Waals surface area contributed by atoms with Gasteiger partial charge in [0.2, 0.25) is 0 Å². The summed E-state index contributed by atoms with van der Waals surface area (Å²) in [4.78, 5) is 17.9. The standard InChI is InChI=1S/C26H29N5OS/c1-26(2)12-11-21(22(27)14-26)23(28)18-9-6-10-19(13-18)31-25(32)30-16-20-15-29-24(33-20)17-7-4-3-5-8-17/h3-10,13,15,28H,11-12,14,16,27H2,1-2H3,(H2,30,31,32). The molecule has 1 aliphatic rings. The second-order valence-electron chi connectivity index (χ2n) is 9.11. The van der Waals surface area contributed by atoms with Crippen molar-refractivity contribution < 1.29 is 4.79 Å². The fourth-order valence-electron chi connectivity index (χ4n) is 3.99. The largest absolute Gasteiger partial charge is 0.402 e. The van der Waals surface area contributed by atoms with Crippen molar-refractivity contribution in [1.82, 2.24) is 10.3 Å². The summed E-state index contributed by atoms with van der Waals surface area (Å²) in [5.74, 6) is 0. The minimum atomic E-state index is -0.300. The highest BCUT2D eigenvalue weighted by Gasteiger charge is 2.27. The van der Waals surface area contributed by atoms with Gasteiger partial charge in [-0.15, -0.1) is 11.3 Å². The van der Waals surface area contributed by atoms with Crippen molar-refractivity contribution in [2.24, 2.45) is 11.1 Å². The second-order valence-corrected chi connectivity index (χ2v) is 10.2. The smallest absolute Gasteiger partial charge is 0.319 e. The summed E-state index contributed by atoms with van der Waals surface area (Å²) in [6.45, 7) is 4.81. The number of carbonyl (C=O) groups excluding carboxylic acids is 1. The van der Waals surface area contributed by atoms with Gasteiger partial charge in [-0.3, -0.25) is 5.41 Å². The van der Waals surface area contributed by atoms with Crippen LogP contribution >= 0.6 is 11.3 Å². The van der Waals surface area contributed by atoms with E-state index in [0.717, 1.165) is 51.5 Å². The molecule has 2 amide bonds. The summed E-state index contributed by atoms with van der Waals surface area (Å²) >= 11 is 1.56. The number of benzene rings is 2. The van der Waals surface area contributed by atoms with Crippen molar-refractivity contribution in [3.63, 3.8) is 0 Å². The van der Waals surface area contributed by atoms with Crippen LogP contribution in [-0.4, -0.2) is 16.7 Å². The first-order valence-corrected chi connectivity index (χ1v) is 11.8. The molecule has 1 aliphatic carbocycles. The number of amides is 2. The van der Waals surface area contributed by atoms with Gasteiger partial charge in [0.1, 0.15) is 5.01 Å². The molecule has 7 heteroatoms. The number of nitrogens with two attached hydrogens (primary N) is 1. The predicted octanol–water partition coefficient (Wildman–Crippen LogP) is 5.92. The van der Waals surface area contributed by atoms with Crippen LogP contribution in [0.1, 0.15) is 43.6 Å². The van der Waals surface area contributed by atoms with Crippen molar-refractivity contribution in [1.29, 1.82) is 5.41 Å². The lowest BCUT2D eigenvalue weighted by Gasteiger charge is -2.31. The number of hydrogen-bond acceptors (Lipinski definition) is 5. The van der Waals surface area contributed by atoms with E-state index in [0.29, 0.717) is 17.9 Å². The number of nitrogens with one attached hydrogen (secondary N) is 3. The van der Waals surface area contributed by atoms with Gasteiger partial charge in [0.25, 0.3) is 0 Å². The first-order valence-electron chi connectivity index (χ1n) is 11.0. The average molecular weight is 460 g/mol. The van der Waals surface area contributed by atoms with Crippen molar-refractivity contribution in [3.8, 4) is 10.6 Å². The summed E-state index contributed by atoms with van der Waals surface area (Å²) in [7, 11) is 0. The highest BCUT2D eigenvalue weighted by molar-refractivity contribution is 7.15.